The molecule has 1 aliphatic heterocycles. The fourth-order valence-corrected chi connectivity index (χ4v) is 5.11. The van der Waals surface area contributed by atoms with Gasteiger partial charge in [0.25, 0.3) is 0 Å². The standard InChI is InChI=1S/C26H25FN2O3S/c1-17(25(30)28-15-19-7-3-5-9-22(19)32-2)24-26(31)29(16-18-11-13-20(27)14-12-18)21-8-4-6-10-23(21)33-24/h3-14,17,24H,15-16H2,1-2H3,(H,28,30)/t17-,24-/m1/s1. The van der Waals surface area contributed by atoms with Gasteiger partial charge in [-0.1, -0.05) is 49.4 Å². The number of halogens is 1. The van der Waals surface area contributed by atoms with Gasteiger partial charge < -0.3 is 15.0 Å². The van der Waals surface area contributed by atoms with Gasteiger partial charge in [-0.3, -0.25) is 9.59 Å². The smallest absolute Gasteiger partial charge is 0.241 e. The normalized spacial score (nSPS) is 16.2. The van der Waals surface area contributed by atoms with E-state index in [1.165, 1.54) is 23.9 Å². The number of anilines is 1. The first-order valence-electron chi connectivity index (χ1n) is 10.7. The Hall–Kier alpha value is -3.32. The number of fused-ring (bicyclic) bond motifs is 1. The van der Waals surface area contributed by atoms with E-state index < -0.39 is 11.2 Å². The van der Waals surface area contributed by atoms with Crippen molar-refractivity contribution in [1.82, 2.24) is 5.32 Å². The number of carbonyl (C=O) groups is 2. The molecule has 170 valence electrons. The first-order valence-corrected chi connectivity index (χ1v) is 11.6. The van der Waals surface area contributed by atoms with Crippen molar-refractivity contribution in [3.05, 3.63) is 89.7 Å². The lowest BCUT2D eigenvalue weighted by molar-refractivity contribution is -0.128. The van der Waals surface area contributed by atoms with Gasteiger partial charge in [0.05, 0.1) is 25.3 Å². The van der Waals surface area contributed by atoms with Crippen LogP contribution in [0.3, 0.4) is 0 Å². The molecule has 7 heteroatoms. The zero-order valence-corrected chi connectivity index (χ0v) is 19.3. The van der Waals surface area contributed by atoms with Gasteiger partial charge in [-0.15, -0.1) is 11.8 Å². The maximum absolute atomic E-state index is 13.5. The molecule has 0 saturated heterocycles. The van der Waals surface area contributed by atoms with Crippen molar-refractivity contribution >= 4 is 29.3 Å². The quantitative estimate of drug-likeness (QED) is 0.546. The number of carbonyl (C=O) groups excluding carboxylic acids is 2. The molecular formula is C26H25FN2O3S. The lowest BCUT2D eigenvalue weighted by atomic mass is 10.0. The number of rotatable bonds is 7. The van der Waals surface area contributed by atoms with Gasteiger partial charge in [0.15, 0.2) is 0 Å². The monoisotopic (exact) mass is 464 g/mol. The number of benzene rings is 3. The van der Waals surface area contributed by atoms with Crippen molar-refractivity contribution in [2.45, 2.75) is 30.2 Å². The van der Waals surface area contributed by atoms with Crippen molar-refractivity contribution in [2.75, 3.05) is 12.0 Å². The average Bonchev–Trinajstić information content (AvgIpc) is 2.85. The summed E-state index contributed by atoms with van der Waals surface area (Å²) in [6.45, 7) is 2.40. The molecule has 0 aliphatic carbocycles. The Kier molecular flexibility index (Phi) is 6.99. The largest absolute Gasteiger partial charge is 0.496 e. The van der Waals surface area contributed by atoms with E-state index in [-0.39, 0.29) is 17.6 Å². The number of hydrogen-bond donors (Lipinski definition) is 1. The lowest BCUT2D eigenvalue weighted by Gasteiger charge is -2.35. The zero-order chi connectivity index (χ0) is 23.4. The minimum Gasteiger partial charge on any atom is -0.496 e. The number of amides is 2. The second-order valence-corrected chi connectivity index (χ2v) is 9.06. The van der Waals surface area contributed by atoms with Gasteiger partial charge >= 0.3 is 0 Å². The van der Waals surface area contributed by atoms with Crippen LogP contribution in [0.4, 0.5) is 10.1 Å². The molecule has 2 atom stereocenters. The summed E-state index contributed by atoms with van der Waals surface area (Å²) in [7, 11) is 1.59. The minimum absolute atomic E-state index is 0.136. The molecular weight excluding hydrogens is 439 g/mol. The van der Waals surface area contributed by atoms with Crippen LogP contribution in [0.5, 0.6) is 5.75 Å². The number of nitrogens with zero attached hydrogens (tertiary/aromatic N) is 1. The van der Waals surface area contributed by atoms with Crippen molar-refractivity contribution in [3.63, 3.8) is 0 Å². The second kappa shape index (κ2) is 10.1. The second-order valence-electron chi connectivity index (χ2n) is 7.88. The Balaban J connectivity index is 1.52. The molecule has 3 aromatic rings. The van der Waals surface area contributed by atoms with E-state index in [0.717, 1.165) is 21.7 Å². The summed E-state index contributed by atoms with van der Waals surface area (Å²) < 4.78 is 18.7. The van der Waals surface area contributed by atoms with E-state index in [1.807, 2.05) is 48.5 Å². The van der Waals surface area contributed by atoms with E-state index >= 15 is 0 Å². The average molecular weight is 465 g/mol. The molecule has 0 bridgehead atoms. The van der Waals surface area contributed by atoms with Gasteiger partial charge in [0.1, 0.15) is 16.8 Å². The molecule has 1 heterocycles. The Morgan fingerprint density at radius 2 is 1.79 bits per heavy atom. The Bertz CT molecular complexity index is 1150. The van der Waals surface area contributed by atoms with Gasteiger partial charge in [-0.2, -0.15) is 0 Å². The number of hydrogen-bond acceptors (Lipinski definition) is 4. The van der Waals surface area contributed by atoms with Crippen molar-refractivity contribution in [1.29, 1.82) is 0 Å². The topological polar surface area (TPSA) is 58.6 Å². The molecule has 33 heavy (non-hydrogen) atoms. The first kappa shape index (κ1) is 22.9. The summed E-state index contributed by atoms with van der Waals surface area (Å²) in [4.78, 5) is 29.1. The van der Waals surface area contributed by atoms with Crippen LogP contribution in [0.15, 0.2) is 77.7 Å². The van der Waals surface area contributed by atoms with Crippen LogP contribution in [0, 0.1) is 11.7 Å². The van der Waals surface area contributed by atoms with Crippen molar-refractivity contribution < 1.29 is 18.7 Å². The van der Waals surface area contributed by atoms with E-state index in [1.54, 1.807) is 31.1 Å². The molecule has 0 unspecified atom stereocenters. The summed E-state index contributed by atoms with van der Waals surface area (Å²) in [5.74, 6) is -0.511. The SMILES string of the molecule is COc1ccccc1CNC(=O)[C@H](C)[C@H]1Sc2ccccc2N(Cc2ccc(F)cc2)C1=O. The summed E-state index contributed by atoms with van der Waals surface area (Å²) in [6, 6.07) is 21.3. The molecule has 0 radical (unpaired) electrons. The number of ether oxygens (including phenoxy) is 1. The summed E-state index contributed by atoms with van der Waals surface area (Å²) in [5.41, 5.74) is 2.49. The van der Waals surface area contributed by atoms with Crippen LogP contribution in [0.2, 0.25) is 0 Å². The summed E-state index contributed by atoms with van der Waals surface area (Å²) in [5, 5.41) is 2.37. The van der Waals surface area contributed by atoms with E-state index in [9.17, 15) is 14.0 Å². The van der Waals surface area contributed by atoms with Crippen LogP contribution >= 0.6 is 11.8 Å². The molecule has 0 spiro atoms. The molecule has 0 saturated carbocycles. The Morgan fingerprint density at radius 1 is 1.09 bits per heavy atom. The highest BCUT2D eigenvalue weighted by atomic mass is 32.2. The number of thioether (sulfide) groups is 1. The Morgan fingerprint density at radius 3 is 2.55 bits per heavy atom. The van der Waals surface area contributed by atoms with Crippen LogP contribution < -0.4 is 15.0 Å². The highest BCUT2D eigenvalue weighted by Crippen LogP contribution is 2.42. The van der Waals surface area contributed by atoms with Gasteiger partial charge in [-0.05, 0) is 35.9 Å². The third kappa shape index (κ3) is 5.03. The van der Waals surface area contributed by atoms with E-state index in [4.69, 9.17) is 4.74 Å². The van der Waals surface area contributed by atoms with Gasteiger partial charge in [0, 0.05) is 17.0 Å². The molecule has 2 amide bonds. The minimum atomic E-state index is -0.571. The highest BCUT2D eigenvalue weighted by Gasteiger charge is 2.39. The summed E-state index contributed by atoms with van der Waals surface area (Å²) in [6.07, 6.45) is 0. The number of para-hydroxylation sites is 2. The van der Waals surface area contributed by atoms with Gasteiger partial charge in [-0.25, -0.2) is 4.39 Å². The molecule has 4 rings (SSSR count). The molecule has 0 aromatic heterocycles. The Labute approximate surface area is 196 Å². The van der Waals surface area contributed by atoms with E-state index in [2.05, 4.69) is 5.32 Å². The van der Waals surface area contributed by atoms with Crippen LogP contribution in [-0.4, -0.2) is 24.2 Å². The third-order valence-corrected chi connectivity index (χ3v) is 7.15. The number of methoxy groups -OCH3 is 1. The molecule has 1 N–H and O–H groups in total. The van der Waals surface area contributed by atoms with Crippen molar-refractivity contribution in [3.8, 4) is 5.75 Å². The van der Waals surface area contributed by atoms with Crippen LogP contribution in [-0.2, 0) is 22.7 Å². The maximum atomic E-state index is 13.5. The fraction of sp³-hybridized carbons (Fsp3) is 0.231. The lowest BCUT2D eigenvalue weighted by Crippen LogP contribution is -2.47. The fourth-order valence-electron chi connectivity index (χ4n) is 3.82. The molecule has 3 aromatic carbocycles. The predicted molar refractivity (Wildman–Crippen MR) is 128 cm³/mol. The molecule has 0 fully saturated rings. The first-order chi connectivity index (χ1) is 16.0. The third-order valence-electron chi connectivity index (χ3n) is 5.69. The van der Waals surface area contributed by atoms with Crippen molar-refractivity contribution in [2.24, 2.45) is 5.92 Å². The highest BCUT2D eigenvalue weighted by molar-refractivity contribution is 8.01. The van der Waals surface area contributed by atoms with E-state index in [0.29, 0.717) is 18.8 Å². The zero-order valence-electron chi connectivity index (χ0n) is 18.5. The van der Waals surface area contributed by atoms with Gasteiger partial charge in [0.2, 0.25) is 11.8 Å². The number of nitrogens with one attached hydrogen (secondary N) is 1. The molecule has 1 aliphatic rings. The van der Waals surface area contributed by atoms with Crippen LogP contribution in [0.1, 0.15) is 18.1 Å². The summed E-state index contributed by atoms with van der Waals surface area (Å²) >= 11 is 1.41. The maximum Gasteiger partial charge on any atom is 0.241 e. The predicted octanol–water partition coefficient (Wildman–Crippen LogP) is 4.79. The molecule has 5 nitrogen and oxygen atoms in total. The van der Waals surface area contributed by atoms with Crippen LogP contribution in [0.25, 0.3) is 0 Å².